The Bertz CT molecular complexity index is 784. The molecule has 2 fully saturated rings. The zero-order valence-corrected chi connectivity index (χ0v) is 12.9. The van der Waals surface area contributed by atoms with E-state index in [2.05, 4.69) is 10.6 Å². The zero-order chi connectivity index (χ0) is 15.8. The molecule has 4 rings (SSSR count). The van der Waals surface area contributed by atoms with E-state index >= 15 is 0 Å². The number of carbonyl (C=O) groups is 1. The second-order valence-electron chi connectivity index (χ2n) is 6.60. The summed E-state index contributed by atoms with van der Waals surface area (Å²) in [7, 11) is 0. The molecule has 5 heteroatoms. The maximum absolute atomic E-state index is 12.5. The molecule has 2 heterocycles. The van der Waals surface area contributed by atoms with Crippen molar-refractivity contribution in [2.24, 2.45) is 5.92 Å². The van der Waals surface area contributed by atoms with Gasteiger partial charge in [0.1, 0.15) is 5.58 Å². The van der Waals surface area contributed by atoms with Crippen molar-refractivity contribution in [3.63, 3.8) is 0 Å². The molecule has 1 saturated carbocycles. The molecule has 3 unspecified atom stereocenters. The van der Waals surface area contributed by atoms with Crippen LogP contribution in [0.2, 0.25) is 0 Å². The third-order valence-electron chi connectivity index (χ3n) is 5.07. The summed E-state index contributed by atoms with van der Waals surface area (Å²) in [5.74, 6) is 0.668. The van der Waals surface area contributed by atoms with Crippen molar-refractivity contribution in [1.29, 1.82) is 0 Å². The fourth-order valence-corrected chi connectivity index (χ4v) is 3.90. The quantitative estimate of drug-likeness (QED) is 0.836. The first kappa shape index (κ1) is 14.5. The second kappa shape index (κ2) is 5.81. The number of anilines is 1. The number of rotatable bonds is 2. The Hall–Kier alpha value is -2.14. The lowest BCUT2D eigenvalue weighted by Gasteiger charge is -2.24. The van der Waals surface area contributed by atoms with Crippen molar-refractivity contribution in [2.75, 3.05) is 5.32 Å². The molecule has 1 aromatic carbocycles. The highest BCUT2D eigenvalue weighted by Gasteiger charge is 2.38. The lowest BCUT2D eigenvalue weighted by molar-refractivity contribution is -0.117. The molecular weight excluding hydrogens is 292 g/mol. The fourth-order valence-electron chi connectivity index (χ4n) is 3.90. The number of carbonyl (C=O) groups excluding carboxylic acids is 1. The number of hydrogen-bond donors (Lipinski definition) is 2. The Labute approximate surface area is 134 Å². The maximum Gasteiger partial charge on any atom is 0.336 e. The summed E-state index contributed by atoms with van der Waals surface area (Å²) >= 11 is 0. The summed E-state index contributed by atoms with van der Waals surface area (Å²) in [6.45, 7) is 0. The largest absolute Gasteiger partial charge is 0.423 e. The van der Waals surface area contributed by atoms with E-state index in [0.29, 0.717) is 17.5 Å². The lowest BCUT2D eigenvalue weighted by atomic mass is 9.85. The highest BCUT2D eigenvalue weighted by Crippen LogP contribution is 2.33. The molecular formula is C18H20N2O3. The number of hydrogen-bond acceptors (Lipinski definition) is 4. The van der Waals surface area contributed by atoms with Crippen LogP contribution in [0.5, 0.6) is 0 Å². The second-order valence-corrected chi connectivity index (χ2v) is 6.60. The van der Waals surface area contributed by atoms with Gasteiger partial charge in [0.25, 0.3) is 0 Å². The molecule has 0 spiro atoms. The molecule has 2 N–H and O–H groups in total. The Balaban J connectivity index is 1.48. The smallest absolute Gasteiger partial charge is 0.336 e. The van der Waals surface area contributed by atoms with E-state index < -0.39 is 0 Å². The van der Waals surface area contributed by atoms with Crippen LogP contribution in [-0.2, 0) is 4.79 Å². The van der Waals surface area contributed by atoms with Crippen molar-refractivity contribution in [3.05, 3.63) is 40.8 Å². The summed E-state index contributed by atoms with van der Waals surface area (Å²) in [4.78, 5) is 23.7. The molecule has 120 valence electrons. The minimum atomic E-state index is -0.368. The number of amides is 1. The maximum atomic E-state index is 12.5. The normalized spacial score (nSPS) is 26.9. The Morgan fingerprint density at radius 3 is 2.91 bits per heavy atom. The van der Waals surface area contributed by atoms with Crippen molar-refractivity contribution < 1.29 is 9.21 Å². The molecule has 5 nitrogen and oxygen atoms in total. The SMILES string of the molecule is O=C(Nc1ccc2oc(=O)ccc2c1)C1CC2CCCCC2N1. The molecule has 1 amide bonds. The van der Waals surface area contributed by atoms with E-state index in [4.69, 9.17) is 4.42 Å². The molecule has 2 aromatic rings. The first-order valence-corrected chi connectivity index (χ1v) is 8.30. The first-order chi connectivity index (χ1) is 11.2. The summed E-state index contributed by atoms with van der Waals surface area (Å²) in [5, 5.41) is 7.27. The summed E-state index contributed by atoms with van der Waals surface area (Å²) < 4.78 is 5.10. The van der Waals surface area contributed by atoms with E-state index in [1.54, 1.807) is 18.2 Å². The molecule has 1 aliphatic carbocycles. The summed E-state index contributed by atoms with van der Waals surface area (Å²) in [5.41, 5.74) is 0.889. The predicted octanol–water partition coefficient (Wildman–Crippen LogP) is 2.65. The van der Waals surface area contributed by atoms with Crippen LogP contribution in [0.3, 0.4) is 0 Å². The van der Waals surface area contributed by atoms with Gasteiger partial charge >= 0.3 is 5.63 Å². The summed E-state index contributed by atoms with van der Waals surface area (Å²) in [6, 6.07) is 8.81. The van der Waals surface area contributed by atoms with Crippen LogP contribution in [0.4, 0.5) is 5.69 Å². The molecule has 2 aliphatic rings. The van der Waals surface area contributed by atoms with E-state index in [9.17, 15) is 9.59 Å². The van der Waals surface area contributed by atoms with Crippen LogP contribution in [-0.4, -0.2) is 18.0 Å². The van der Waals surface area contributed by atoms with Gasteiger partial charge < -0.3 is 15.1 Å². The third-order valence-corrected chi connectivity index (χ3v) is 5.07. The molecule has 1 saturated heterocycles. The van der Waals surface area contributed by atoms with Crippen molar-refractivity contribution in [3.8, 4) is 0 Å². The monoisotopic (exact) mass is 312 g/mol. The number of benzene rings is 1. The fraction of sp³-hybridized carbons (Fsp3) is 0.444. The van der Waals surface area contributed by atoms with Crippen molar-refractivity contribution >= 4 is 22.6 Å². The molecule has 1 aliphatic heterocycles. The zero-order valence-electron chi connectivity index (χ0n) is 12.9. The average molecular weight is 312 g/mol. The van der Waals surface area contributed by atoms with Crippen LogP contribution >= 0.6 is 0 Å². The molecule has 1 aromatic heterocycles. The van der Waals surface area contributed by atoms with Gasteiger partial charge in [-0.1, -0.05) is 12.8 Å². The van der Waals surface area contributed by atoms with Gasteiger partial charge in [0.15, 0.2) is 0 Å². The highest BCUT2D eigenvalue weighted by molar-refractivity contribution is 5.96. The van der Waals surface area contributed by atoms with Gasteiger partial charge in [0.05, 0.1) is 6.04 Å². The Morgan fingerprint density at radius 1 is 1.17 bits per heavy atom. The average Bonchev–Trinajstić information content (AvgIpc) is 2.99. The van der Waals surface area contributed by atoms with E-state index in [1.807, 2.05) is 6.07 Å². The van der Waals surface area contributed by atoms with E-state index in [1.165, 1.54) is 31.7 Å². The predicted molar refractivity (Wildman–Crippen MR) is 88.4 cm³/mol. The molecule has 23 heavy (non-hydrogen) atoms. The number of fused-ring (bicyclic) bond motifs is 2. The van der Waals surface area contributed by atoms with Gasteiger partial charge in [0, 0.05) is 23.2 Å². The first-order valence-electron chi connectivity index (χ1n) is 8.30. The van der Waals surface area contributed by atoms with Gasteiger partial charge in [-0.15, -0.1) is 0 Å². The Kier molecular flexibility index (Phi) is 3.65. The summed E-state index contributed by atoms with van der Waals surface area (Å²) in [6.07, 6.45) is 5.89. The standard InChI is InChI=1S/C18H20N2O3/c21-17-8-5-12-9-13(6-7-16(12)23-17)19-18(22)15-10-11-3-1-2-4-14(11)20-15/h5-9,11,14-15,20H,1-4,10H2,(H,19,22). The van der Waals surface area contributed by atoms with Gasteiger partial charge in [0.2, 0.25) is 5.91 Å². The van der Waals surface area contributed by atoms with Crippen LogP contribution in [0.15, 0.2) is 39.5 Å². The van der Waals surface area contributed by atoms with Crippen LogP contribution in [0, 0.1) is 5.92 Å². The topological polar surface area (TPSA) is 71.3 Å². The molecule has 0 radical (unpaired) electrons. The van der Waals surface area contributed by atoms with Gasteiger partial charge in [-0.05, 0) is 49.4 Å². The van der Waals surface area contributed by atoms with Crippen LogP contribution in [0.1, 0.15) is 32.1 Å². The Morgan fingerprint density at radius 2 is 2.04 bits per heavy atom. The molecule has 0 bridgehead atoms. The van der Waals surface area contributed by atoms with Gasteiger partial charge in [-0.3, -0.25) is 4.79 Å². The van der Waals surface area contributed by atoms with E-state index in [0.717, 1.165) is 17.5 Å². The minimum absolute atomic E-state index is 0.0242. The number of nitrogens with one attached hydrogen (secondary N) is 2. The van der Waals surface area contributed by atoms with Gasteiger partial charge in [-0.25, -0.2) is 4.79 Å². The van der Waals surface area contributed by atoms with E-state index in [-0.39, 0.29) is 17.6 Å². The van der Waals surface area contributed by atoms with Gasteiger partial charge in [-0.2, -0.15) is 0 Å². The van der Waals surface area contributed by atoms with Crippen molar-refractivity contribution in [2.45, 2.75) is 44.2 Å². The van der Waals surface area contributed by atoms with Crippen molar-refractivity contribution in [1.82, 2.24) is 5.32 Å². The lowest BCUT2D eigenvalue weighted by Crippen LogP contribution is -2.39. The molecule has 3 atom stereocenters. The van der Waals surface area contributed by atoms with Crippen LogP contribution < -0.4 is 16.3 Å². The third kappa shape index (κ3) is 2.88. The highest BCUT2D eigenvalue weighted by atomic mass is 16.4. The van der Waals surface area contributed by atoms with Crippen LogP contribution in [0.25, 0.3) is 11.0 Å². The minimum Gasteiger partial charge on any atom is -0.423 e.